The fourth-order valence-corrected chi connectivity index (χ4v) is 5.99. The fourth-order valence-electron chi connectivity index (χ4n) is 4.35. The number of pyridine rings is 1. The molecule has 1 amide bonds. The quantitative estimate of drug-likeness (QED) is 0.563. The summed E-state index contributed by atoms with van der Waals surface area (Å²) in [6.45, 7) is 5.33. The summed E-state index contributed by atoms with van der Waals surface area (Å²) in [5.41, 5.74) is 0.391. The van der Waals surface area contributed by atoms with Gasteiger partial charge in [-0.1, -0.05) is 11.8 Å². The van der Waals surface area contributed by atoms with Crippen LogP contribution < -0.4 is 10.1 Å². The summed E-state index contributed by atoms with van der Waals surface area (Å²) in [6.07, 6.45) is 1.97. The Labute approximate surface area is 204 Å². The molecule has 1 aliphatic carbocycles. The Balaban J connectivity index is 1.85. The SMILES string of the molecule is COc1ncc(Br)c2c1C[C@]1(c3cc(O)ccc3F)N=C(NC(=O)OC(C)(C)C)SC[C@@H]1C2. The first-order chi connectivity index (χ1) is 15.5. The zero-order valence-electron chi connectivity index (χ0n) is 18.7. The van der Waals surface area contributed by atoms with Crippen LogP contribution in [0.5, 0.6) is 11.6 Å². The van der Waals surface area contributed by atoms with E-state index < -0.39 is 23.1 Å². The van der Waals surface area contributed by atoms with Crippen molar-refractivity contribution in [3.63, 3.8) is 0 Å². The molecular weight excluding hydrogens is 513 g/mol. The minimum Gasteiger partial charge on any atom is -0.508 e. The maximum absolute atomic E-state index is 15.2. The smallest absolute Gasteiger partial charge is 0.413 e. The van der Waals surface area contributed by atoms with Gasteiger partial charge in [0.25, 0.3) is 0 Å². The molecular formula is C23H25BrFN3O4S. The number of alkyl carbamates (subject to hydrolysis) is 1. The van der Waals surface area contributed by atoms with E-state index >= 15 is 4.39 Å². The lowest BCUT2D eigenvalue weighted by atomic mass is 9.67. The van der Waals surface area contributed by atoms with E-state index in [-0.39, 0.29) is 17.2 Å². The number of amidine groups is 1. The predicted octanol–water partition coefficient (Wildman–Crippen LogP) is 4.94. The van der Waals surface area contributed by atoms with Gasteiger partial charge in [0.1, 0.15) is 17.2 Å². The lowest BCUT2D eigenvalue weighted by Crippen LogP contribution is -2.48. The molecule has 1 aromatic carbocycles. The van der Waals surface area contributed by atoms with E-state index in [0.717, 1.165) is 15.6 Å². The number of phenols is 1. The highest BCUT2D eigenvalue weighted by Crippen LogP contribution is 2.51. The Hall–Kier alpha value is -2.33. The molecule has 0 unspecified atom stereocenters. The van der Waals surface area contributed by atoms with E-state index in [4.69, 9.17) is 14.5 Å². The summed E-state index contributed by atoms with van der Waals surface area (Å²) in [4.78, 5) is 21.7. The van der Waals surface area contributed by atoms with Gasteiger partial charge in [0.15, 0.2) is 5.17 Å². The van der Waals surface area contributed by atoms with Crippen molar-refractivity contribution in [2.45, 2.75) is 44.8 Å². The van der Waals surface area contributed by atoms with Crippen molar-refractivity contribution in [3.05, 3.63) is 51.4 Å². The van der Waals surface area contributed by atoms with Crippen LogP contribution in [0.1, 0.15) is 37.5 Å². The topological polar surface area (TPSA) is 93.0 Å². The van der Waals surface area contributed by atoms with Crippen LogP contribution in [0.2, 0.25) is 0 Å². The Kier molecular flexibility index (Phi) is 6.34. The van der Waals surface area contributed by atoms with Crippen molar-refractivity contribution in [2.24, 2.45) is 10.9 Å². The highest BCUT2D eigenvalue weighted by Gasteiger charge is 2.50. The maximum Gasteiger partial charge on any atom is 0.413 e. The van der Waals surface area contributed by atoms with E-state index in [1.807, 2.05) is 0 Å². The summed E-state index contributed by atoms with van der Waals surface area (Å²) in [5.74, 6) is 0.399. The number of aromatic nitrogens is 1. The number of rotatable bonds is 2. The van der Waals surface area contributed by atoms with Gasteiger partial charge in [-0.15, -0.1) is 0 Å². The van der Waals surface area contributed by atoms with Crippen LogP contribution in [0, 0.1) is 11.7 Å². The van der Waals surface area contributed by atoms with Gasteiger partial charge in [-0.3, -0.25) is 5.32 Å². The van der Waals surface area contributed by atoms with E-state index in [9.17, 15) is 9.90 Å². The molecule has 2 aliphatic rings. The number of nitrogens with zero attached hydrogens (tertiary/aromatic N) is 2. The van der Waals surface area contributed by atoms with Gasteiger partial charge in [0.2, 0.25) is 5.88 Å². The summed E-state index contributed by atoms with van der Waals surface area (Å²) in [6, 6.07) is 3.96. The normalized spacial score (nSPS) is 22.0. The molecule has 0 saturated carbocycles. The third-order valence-electron chi connectivity index (χ3n) is 5.72. The number of thioether (sulfide) groups is 1. The average Bonchev–Trinajstić information content (AvgIpc) is 2.73. The van der Waals surface area contributed by atoms with E-state index in [1.165, 1.54) is 30.0 Å². The van der Waals surface area contributed by atoms with Gasteiger partial charge in [0, 0.05) is 39.9 Å². The molecule has 2 atom stereocenters. The number of halogens is 2. The molecule has 4 rings (SSSR count). The Morgan fingerprint density at radius 3 is 2.82 bits per heavy atom. The first-order valence-corrected chi connectivity index (χ1v) is 12.2. The monoisotopic (exact) mass is 537 g/mol. The van der Waals surface area contributed by atoms with E-state index in [2.05, 4.69) is 26.2 Å². The number of hydrogen-bond donors (Lipinski definition) is 2. The van der Waals surface area contributed by atoms with Crippen molar-refractivity contribution >= 4 is 39.0 Å². The largest absolute Gasteiger partial charge is 0.508 e. The van der Waals surface area contributed by atoms with Crippen LogP contribution in [-0.2, 0) is 23.1 Å². The molecule has 1 aliphatic heterocycles. The molecule has 1 aromatic heterocycles. The molecule has 0 bridgehead atoms. The molecule has 2 aromatic rings. The second-order valence-electron chi connectivity index (χ2n) is 9.09. The van der Waals surface area contributed by atoms with Crippen LogP contribution >= 0.6 is 27.7 Å². The fraction of sp³-hybridized carbons (Fsp3) is 0.435. The lowest BCUT2D eigenvalue weighted by molar-refractivity contribution is 0.0563. The van der Waals surface area contributed by atoms with Gasteiger partial charge in [-0.25, -0.2) is 19.2 Å². The van der Waals surface area contributed by atoms with Crippen LogP contribution in [0.3, 0.4) is 0 Å². The second-order valence-corrected chi connectivity index (χ2v) is 11.0. The lowest BCUT2D eigenvalue weighted by Gasteiger charge is -2.45. The molecule has 2 N–H and O–H groups in total. The molecule has 2 heterocycles. The Morgan fingerprint density at radius 2 is 2.12 bits per heavy atom. The van der Waals surface area contributed by atoms with Crippen LogP contribution in [0.25, 0.3) is 0 Å². The zero-order valence-corrected chi connectivity index (χ0v) is 21.1. The van der Waals surface area contributed by atoms with Crippen LogP contribution in [-0.4, -0.2) is 39.8 Å². The van der Waals surface area contributed by atoms with Gasteiger partial charge in [-0.05, 0) is 66.9 Å². The third-order valence-corrected chi connectivity index (χ3v) is 7.44. The zero-order chi connectivity index (χ0) is 24.0. The first-order valence-electron chi connectivity index (χ1n) is 10.4. The maximum atomic E-state index is 15.2. The van der Waals surface area contributed by atoms with E-state index in [0.29, 0.717) is 29.6 Å². The van der Waals surface area contributed by atoms with E-state index in [1.54, 1.807) is 34.1 Å². The first kappa shape index (κ1) is 23.8. The van der Waals surface area contributed by atoms with Crippen molar-refractivity contribution in [2.75, 3.05) is 12.9 Å². The van der Waals surface area contributed by atoms with Gasteiger partial charge < -0.3 is 14.6 Å². The number of carbonyl (C=O) groups excluding carboxylic acids is 1. The van der Waals surface area contributed by atoms with Crippen molar-refractivity contribution in [1.82, 2.24) is 10.3 Å². The second kappa shape index (κ2) is 8.79. The molecule has 33 heavy (non-hydrogen) atoms. The van der Waals surface area contributed by atoms with Crippen molar-refractivity contribution < 1.29 is 23.8 Å². The molecule has 176 valence electrons. The Bertz CT molecular complexity index is 1140. The summed E-state index contributed by atoms with van der Waals surface area (Å²) in [5, 5.41) is 13.2. The number of aliphatic imine (C=N–C) groups is 1. The van der Waals surface area contributed by atoms with Gasteiger partial charge in [0.05, 0.1) is 12.6 Å². The minimum absolute atomic E-state index is 0.0558. The molecule has 10 heteroatoms. The van der Waals surface area contributed by atoms with Gasteiger partial charge in [-0.2, -0.15) is 0 Å². The number of amides is 1. The molecule has 0 saturated heterocycles. The standard InChI is InChI=1S/C23H25BrFN3O4S/c1-22(2,3)32-21(30)27-20-28-23(16-8-13(29)5-6-18(16)25)9-15-14(7-12(23)11-33-20)17(24)10-26-19(15)31-4/h5-6,8,10,12,29H,7,9,11H2,1-4H3,(H,27,28,30)/t12-,23-/m0/s1. The number of methoxy groups -OCH3 is 1. The number of phenolic OH excluding ortho intramolecular Hbond substituents is 1. The summed E-state index contributed by atoms with van der Waals surface area (Å²) < 4.78 is 27.0. The van der Waals surface area contributed by atoms with Crippen molar-refractivity contribution in [3.8, 4) is 11.6 Å². The molecule has 0 radical (unpaired) electrons. The molecule has 7 nitrogen and oxygen atoms in total. The average molecular weight is 538 g/mol. The summed E-state index contributed by atoms with van der Waals surface area (Å²) >= 11 is 4.97. The number of nitrogens with one attached hydrogen (secondary N) is 1. The number of benzene rings is 1. The number of hydrogen-bond acceptors (Lipinski definition) is 7. The number of ether oxygens (including phenoxy) is 2. The molecule has 0 spiro atoms. The third kappa shape index (κ3) is 4.68. The predicted molar refractivity (Wildman–Crippen MR) is 128 cm³/mol. The van der Waals surface area contributed by atoms with Gasteiger partial charge >= 0.3 is 6.09 Å². The highest BCUT2D eigenvalue weighted by molar-refractivity contribution is 9.10. The molecule has 0 fully saturated rings. The van der Waals surface area contributed by atoms with Crippen molar-refractivity contribution in [1.29, 1.82) is 0 Å². The number of carbonyl (C=O) groups is 1. The number of aromatic hydroxyl groups is 1. The highest BCUT2D eigenvalue weighted by atomic mass is 79.9. The number of fused-ring (bicyclic) bond motifs is 2. The van der Waals surface area contributed by atoms with Crippen LogP contribution in [0.4, 0.5) is 9.18 Å². The Morgan fingerprint density at radius 1 is 1.36 bits per heavy atom. The summed E-state index contributed by atoms with van der Waals surface area (Å²) in [7, 11) is 1.54. The minimum atomic E-state index is -1.07. The van der Waals surface area contributed by atoms with Crippen LogP contribution in [0.15, 0.2) is 33.9 Å².